The van der Waals surface area contributed by atoms with Gasteiger partial charge in [-0.15, -0.1) is 0 Å². The van der Waals surface area contributed by atoms with Crippen molar-refractivity contribution in [3.63, 3.8) is 0 Å². The highest BCUT2D eigenvalue weighted by atomic mass is 79.9. The topological polar surface area (TPSA) is 67.3 Å². The molecule has 1 atom stereocenters. The smallest absolute Gasteiger partial charge is 0.415 e. The van der Waals surface area contributed by atoms with E-state index in [-0.39, 0.29) is 12.1 Å². The van der Waals surface area contributed by atoms with Gasteiger partial charge in [-0.1, -0.05) is 28.1 Å². The predicted octanol–water partition coefficient (Wildman–Crippen LogP) is 3.37. The first-order valence-corrected chi connectivity index (χ1v) is 7.72. The average Bonchev–Trinajstić information content (AvgIpc) is 2.94. The van der Waals surface area contributed by atoms with Crippen LogP contribution in [0.15, 0.2) is 41.0 Å². The lowest BCUT2D eigenvalue weighted by molar-refractivity contribution is 0.181. The van der Waals surface area contributed by atoms with Crippen LogP contribution in [0.3, 0.4) is 0 Å². The van der Waals surface area contributed by atoms with Gasteiger partial charge in [0.1, 0.15) is 12.4 Å². The number of carbonyl (C=O) groups is 1. The molecule has 1 N–H and O–H groups in total. The van der Waals surface area contributed by atoms with Crippen molar-refractivity contribution in [1.82, 2.24) is 9.97 Å². The molecule has 0 radical (unpaired) electrons. The normalized spacial score (nSPS) is 15.5. The molecule has 3 rings (SSSR count). The first-order chi connectivity index (χ1) is 10.6. The summed E-state index contributed by atoms with van der Waals surface area (Å²) >= 11 is 3.42. The summed E-state index contributed by atoms with van der Waals surface area (Å²) < 4.78 is 5.96. The van der Waals surface area contributed by atoms with Crippen molar-refractivity contribution in [2.75, 3.05) is 23.4 Å². The number of rotatable bonds is 4. The van der Waals surface area contributed by atoms with Crippen LogP contribution in [0.4, 0.5) is 16.6 Å². The quantitative estimate of drug-likeness (QED) is 0.902. The number of aromatic nitrogens is 2. The lowest BCUT2D eigenvalue weighted by Crippen LogP contribution is -2.25. The highest BCUT2D eigenvalue weighted by molar-refractivity contribution is 9.10. The molecule has 22 heavy (non-hydrogen) atoms. The van der Waals surface area contributed by atoms with Crippen LogP contribution < -0.4 is 10.2 Å². The van der Waals surface area contributed by atoms with Gasteiger partial charge in [0.25, 0.3) is 0 Å². The van der Waals surface area contributed by atoms with Crippen LogP contribution in [0.2, 0.25) is 0 Å². The van der Waals surface area contributed by atoms with Crippen molar-refractivity contribution in [1.29, 1.82) is 0 Å². The Morgan fingerprint density at radius 3 is 2.77 bits per heavy atom. The number of hydrogen-bond acceptors (Lipinski definition) is 5. The summed E-state index contributed by atoms with van der Waals surface area (Å²) in [5, 5.41) is 3.24. The van der Waals surface area contributed by atoms with Crippen LogP contribution in [-0.2, 0) is 4.74 Å². The number of benzene rings is 1. The molecular weight excluding hydrogens is 348 g/mol. The second-order valence-corrected chi connectivity index (χ2v) is 5.84. The Kier molecular flexibility index (Phi) is 4.24. The first-order valence-electron chi connectivity index (χ1n) is 6.93. The van der Waals surface area contributed by atoms with E-state index in [0.717, 1.165) is 10.0 Å². The zero-order valence-electron chi connectivity index (χ0n) is 12.0. The third-order valence-corrected chi connectivity index (χ3v) is 3.92. The fourth-order valence-electron chi connectivity index (χ4n) is 2.20. The average molecular weight is 363 g/mol. The van der Waals surface area contributed by atoms with Crippen molar-refractivity contribution in [2.24, 2.45) is 0 Å². The molecule has 0 aliphatic carbocycles. The SMILES string of the molecule is C[C@@H](Nc1nccc(N2CCOC2=O)n1)c1ccc(Br)cc1. The Morgan fingerprint density at radius 1 is 1.32 bits per heavy atom. The van der Waals surface area contributed by atoms with Crippen LogP contribution >= 0.6 is 15.9 Å². The van der Waals surface area contributed by atoms with Crippen LogP contribution in [-0.4, -0.2) is 29.2 Å². The van der Waals surface area contributed by atoms with E-state index in [1.807, 2.05) is 31.2 Å². The maximum atomic E-state index is 11.6. The lowest BCUT2D eigenvalue weighted by Gasteiger charge is -2.16. The van der Waals surface area contributed by atoms with E-state index in [9.17, 15) is 4.79 Å². The van der Waals surface area contributed by atoms with Gasteiger partial charge in [-0.25, -0.2) is 9.78 Å². The van der Waals surface area contributed by atoms with Gasteiger partial charge in [-0.05, 0) is 30.7 Å². The molecule has 6 nitrogen and oxygen atoms in total. The second-order valence-electron chi connectivity index (χ2n) is 4.92. The molecule has 2 aromatic rings. The lowest BCUT2D eigenvalue weighted by atomic mass is 10.1. The van der Waals surface area contributed by atoms with Gasteiger partial charge in [-0.2, -0.15) is 4.98 Å². The van der Waals surface area contributed by atoms with Gasteiger partial charge in [0.05, 0.1) is 12.6 Å². The molecule has 0 spiro atoms. The third kappa shape index (κ3) is 3.19. The van der Waals surface area contributed by atoms with E-state index in [1.54, 1.807) is 12.3 Å². The summed E-state index contributed by atoms with van der Waals surface area (Å²) in [6, 6.07) is 9.79. The summed E-state index contributed by atoms with van der Waals surface area (Å²) in [4.78, 5) is 21.7. The van der Waals surface area contributed by atoms with Crippen LogP contribution in [0.5, 0.6) is 0 Å². The van der Waals surface area contributed by atoms with Gasteiger partial charge in [0, 0.05) is 10.7 Å². The molecule has 1 aliphatic rings. The molecule has 0 saturated carbocycles. The largest absolute Gasteiger partial charge is 0.447 e. The van der Waals surface area contributed by atoms with E-state index in [4.69, 9.17) is 4.74 Å². The molecular formula is C15H15BrN4O2. The number of ether oxygens (including phenoxy) is 1. The van der Waals surface area contributed by atoms with E-state index in [2.05, 4.69) is 31.2 Å². The minimum Gasteiger partial charge on any atom is -0.447 e. The maximum Gasteiger partial charge on any atom is 0.415 e. The number of hydrogen-bond donors (Lipinski definition) is 1. The van der Waals surface area contributed by atoms with Gasteiger partial charge in [0.15, 0.2) is 0 Å². The summed E-state index contributed by atoms with van der Waals surface area (Å²) in [5.41, 5.74) is 1.12. The maximum absolute atomic E-state index is 11.6. The van der Waals surface area contributed by atoms with E-state index >= 15 is 0 Å². The Bertz CT molecular complexity index is 677. The summed E-state index contributed by atoms with van der Waals surface area (Å²) in [6.07, 6.45) is 1.26. The Balaban J connectivity index is 1.75. The molecule has 1 aromatic heterocycles. The zero-order chi connectivity index (χ0) is 15.5. The minimum atomic E-state index is -0.370. The van der Waals surface area contributed by atoms with Crippen LogP contribution in [0.25, 0.3) is 0 Å². The van der Waals surface area contributed by atoms with E-state index in [0.29, 0.717) is 24.9 Å². The standard InChI is InChI=1S/C15H15BrN4O2/c1-10(11-2-4-12(16)5-3-11)18-14-17-7-6-13(19-14)20-8-9-22-15(20)21/h2-7,10H,8-9H2,1H3,(H,17,18,19)/t10-/m1/s1. The molecule has 1 amide bonds. The molecule has 7 heteroatoms. The second kappa shape index (κ2) is 6.31. The Labute approximate surface area is 136 Å². The highest BCUT2D eigenvalue weighted by Crippen LogP contribution is 2.21. The molecule has 1 saturated heterocycles. The van der Waals surface area contributed by atoms with Crippen molar-refractivity contribution in [3.05, 3.63) is 46.6 Å². The number of anilines is 2. The van der Waals surface area contributed by atoms with E-state index < -0.39 is 0 Å². The molecule has 0 unspecified atom stereocenters. The van der Waals surface area contributed by atoms with Crippen molar-refractivity contribution in [3.8, 4) is 0 Å². The summed E-state index contributed by atoms with van der Waals surface area (Å²) in [5.74, 6) is 1.02. The Hall–Kier alpha value is -2.15. The molecule has 114 valence electrons. The van der Waals surface area contributed by atoms with Crippen molar-refractivity contribution in [2.45, 2.75) is 13.0 Å². The molecule has 1 aromatic carbocycles. The monoisotopic (exact) mass is 362 g/mol. The predicted molar refractivity (Wildman–Crippen MR) is 86.9 cm³/mol. The number of nitrogens with zero attached hydrogens (tertiary/aromatic N) is 3. The van der Waals surface area contributed by atoms with Crippen LogP contribution in [0.1, 0.15) is 18.5 Å². The summed E-state index contributed by atoms with van der Waals surface area (Å²) in [6.45, 7) is 2.93. The summed E-state index contributed by atoms with van der Waals surface area (Å²) in [7, 11) is 0. The van der Waals surface area contributed by atoms with Crippen molar-refractivity contribution < 1.29 is 9.53 Å². The molecule has 1 aliphatic heterocycles. The highest BCUT2D eigenvalue weighted by Gasteiger charge is 2.25. The van der Waals surface area contributed by atoms with Gasteiger partial charge >= 0.3 is 6.09 Å². The molecule has 0 bridgehead atoms. The van der Waals surface area contributed by atoms with Crippen molar-refractivity contribution >= 4 is 33.8 Å². The number of halogens is 1. The number of amides is 1. The Morgan fingerprint density at radius 2 is 2.09 bits per heavy atom. The van der Waals surface area contributed by atoms with Crippen LogP contribution in [0, 0.1) is 0 Å². The van der Waals surface area contributed by atoms with Gasteiger partial charge in [0.2, 0.25) is 5.95 Å². The number of nitrogens with one attached hydrogen (secondary N) is 1. The fraction of sp³-hybridized carbons (Fsp3) is 0.267. The van der Waals surface area contributed by atoms with Gasteiger partial charge < -0.3 is 10.1 Å². The fourth-order valence-corrected chi connectivity index (χ4v) is 2.46. The molecule has 2 heterocycles. The zero-order valence-corrected chi connectivity index (χ0v) is 13.6. The van der Waals surface area contributed by atoms with Gasteiger partial charge in [-0.3, -0.25) is 4.90 Å². The first kappa shape index (κ1) is 14.8. The number of carbonyl (C=O) groups excluding carboxylic acids is 1. The minimum absolute atomic E-state index is 0.0499. The third-order valence-electron chi connectivity index (χ3n) is 3.39. The number of cyclic esters (lactones) is 1. The molecule has 1 fully saturated rings. The van der Waals surface area contributed by atoms with E-state index in [1.165, 1.54) is 4.90 Å².